The zero-order chi connectivity index (χ0) is 19.6. The van der Waals surface area contributed by atoms with Gasteiger partial charge in [0.05, 0.1) is 11.9 Å². The number of carbonyl (C=O) groups excluding carboxylic acids is 1. The summed E-state index contributed by atoms with van der Waals surface area (Å²) in [6.45, 7) is 2.36. The first-order valence-corrected chi connectivity index (χ1v) is 10.9. The molecule has 2 aromatic carbocycles. The Kier molecular flexibility index (Phi) is 5.61. The van der Waals surface area contributed by atoms with E-state index >= 15 is 0 Å². The average Bonchev–Trinajstić information content (AvgIpc) is 2.62. The van der Waals surface area contributed by atoms with Crippen molar-refractivity contribution < 1.29 is 22.7 Å². The smallest absolute Gasteiger partial charge is 0.247 e. The van der Waals surface area contributed by atoms with Gasteiger partial charge in [-0.3, -0.25) is 9.10 Å². The zero-order valence-electron chi connectivity index (χ0n) is 14.8. The standard InChI is InChI=1S/C18H19BrN2O5S/c1-12(18(22)20-14-5-3-13(19)4-6-14)21(27(2,23)24)15-7-8-16-17(11-15)26-10-9-25-16/h3-8,11-12H,9-10H2,1-2H3,(H,20,22)/t12-/m1/s1. The van der Waals surface area contributed by atoms with E-state index in [0.29, 0.717) is 36.1 Å². The van der Waals surface area contributed by atoms with E-state index in [9.17, 15) is 13.2 Å². The number of hydrogen-bond donors (Lipinski definition) is 1. The van der Waals surface area contributed by atoms with E-state index in [4.69, 9.17) is 9.47 Å². The van der Waals surface area contributed by atoms with Crippen LogP contribution in [0.1, 0.15) is 6.92 Å². The van der Waals surface area contributed by atoms with Crippen molar-refractivity contribution in [2.24, 2.45) is 0 Å². The third kappa shape index (κ3) is 4.54. The largest absolute Gasteiger partial charge is 0.486 e. The van der Waals surface area contributed by atoms with Crippen molar-refractivity contribution >= 4 is 43.2 Å². The highest BCUT2D eigenvalue weighted by atomic mass is 79.9. The number of amides is 1. The minimum absolute atomic E-state index is 0.334. The molecule has 9 heteroatoms. The number of fused-ring (bicyclic) bond motifs is 1. The SMILES string of the molecule is C[C@H](C(=O)Nc1ccc(Br)cc1)N(c1ccc2c(c1)OCCO2)S(C)(=O)=O. The van der Waals surface area contributed by atoms with Gasteiger partial charge < -0.3 is 14.8 Å². The number of nitrogens with zero attached hydrogens (tertiary/aromatic N) is 1. The summed E-state index contributed by atoms with van der Waals surface area (Å²) in [5.74, 6) is 0.552. The lowest BCUT2D eigenvalue weighted by molar-refractivity contribution is -0.116. The molecular formula is C18H19BrN2O5S. The average molecular weight is 455 g/mol. The number of carbonyl (C=O) groups is 1. The summed E-state index contributed by atoms with van der Waals surface area (Å²) < 4.78 is 37.8. The Balaban J connectivity index is 1.88. The molecule has 27 heavy (non-hydrogen) atoms. The highest BCUT2D eigenvalue weighted by Gasteiger charge is 2.30. The van der Waals surface area contributed by atoms with Gasteiger partial charge in [-0.1, -0.05) is 15.9 Å². The number of hydrogen-bond acceptors (Lipinski definition) is 5. The van der Waals surface area contributed by atoms with E-state index in [1.807, 2.05) is 0 Å². The summed E-state index contributed by atoms with van der Waals surface area (Å²) in [6.07, 6.45) is 1.06. The van der Waals surface area contributed by atoms with Crippen molar-refractivity contribution in [2.75, 3.05) is 29.1 Å². The molecule has 1 aliphatic heterocycles. The molecule has 0 bridgehead atoms. The monoisotopic (exact) mass is 454 g/mol. The van der Waals surface area contributed by atoms with Gasteiger partial charge in [0.15, 0.2) is 11.5 Å². The number of halogens is 1. The molecule has 1 N–H and O–H groups in total. The number of anilines is 2. The Hall–Kier alpha value is -2.26. The summed E-state index contributed by atoms with van der Waals surface area (Å²) in [7, 11) is -3.72. The van der Waals surface area contributed by atoms with Gasteiger partial charge in [-0.25, -0.2) is 8.42 Å². The zero-order valence-corrected chi connectivity index (χ0v) is 17.2. The molecular weight excluding hydrogens is 436 g/mol. The van der Waals surface area contributed by atoms with Gasteiger partial charge in [-0.2, -0.15) is 0 Å². The minimum Gasteiger partial charge on any atom is -0.486 e. The van der Waals surface area contributed by atoms with Crippen LogP contribution in [0, 0.1) is 0 Å². The fraction of sp³-hybridized carbons (Fsp3) is 0.278. The van der Waals surface area contributed by atoms with Gasteiger partial charge in [-0.05, 0) is 43.3 Å². The van der Waals surface area contributed by atoms with E-state index in [2.05, 4.69) is 21.2 Å². The molecule has 0 fully saturated rings. The van der Waals surface area contributed by atoms with Crippen molar-refractivity contribution in [3.8, 4) is 11.5 Å². The molecule has 1 aliphatic rings. The van der Waals surface area contributed by atoms with Crippen LogP contribution in [0.15, 0.2) is 46.9 Å². The molecule has 1 heterocycles. The summed E-state index contributed by atoms with van der Waals surface area (Å²) in [4.78, 5) is 12.7. The maximum Gasteiger partial charge on any atom is 0.247 e. The molecule has 0 aliphatic carbocycles. The van der Waals surface area contributed by atoms with Gasteiger partial charge in [0.2, 0.25) is 15.9 Å². The predicted octanol–water partition coefficient (Wildman–Crippen LogP) is 3.01. The van der Waals surface area contributed by atoms with Crippen molar-refractivity contribution in [1.82, 2.24) is 0 Å². The first-order chi connectivity index (χ1) is 12.8. The van der Waals surface area contributed by atoms with Crippen LogP contribution in [0.4, 0.5) is 11.4 Å². The number of nitrogens with one attached hydrogen (secondary N) is 1. The second-order valence-electron chi connectivity index (χ2n) is 6.06. The van der Waals surface area contributed by atoms with Crippen LogP contribution in [-0.2, 0) is 14.8 Å². The van der Waals surface area contributed by atoms with E-state index in [0.717, 1.165) is 15.0 Å². The van der Waals surface area contributed by atoms with E-state index in [1.54, 1.807) is 42.5 Å². The Labute approximate surface area is 166 Å². The van der Waals surface area contributed by atoms with Crippen LogP contribution >= 0.6 is 15.9 Å². The van der Waals surface area contributed by atoms with Crippen molar-refractivity contribution in [2.45, 2.75) is 13.0 Å². The number of sulfonamides is 1. The molecule has 0 unspecified atom stereocenters. The fourth-order valence-corrected chi connectivity index (χ4v) is 4.19. The first kappa shape index (κ1) is 19.5. The highest BCUT2D eigenvalue weighted by Crippen LogP contribution is 2.35. The lowest BCUT2D eigenvalue weighted by Crippen LogP contribution is -2.45. The molecule has 1 atom stereocenters. The van der Waals surface area contributed by atoms with Crippen LogP contribution in [0.25, 0.3) is 0 Å². The van der Waals surface area contributed by atoms with Gasteiger partial charge in [0.25, 0.3) is 0 Å². The summed E-state index contributed by atoms with van der Waals surface area (Å²) >= 11 is 3.33. The fourth-order valence-electron chi connectivity index (χ4n) is 2.76. The Bertz CT molecular complexity index is 947. The van der Waals surface area contributed by atoms with Gasteiger partial charge >= 0.3 is 0 Å². The molecule has 3 rings (SSSR count). The van der Waals surface area contributed by atoms with Gasteiger partial charge in [0, 0.05) is 16.2 Å². The van der Waals surface area contributed by atoms with Crippen LogP contribution in [-0.4, -0.2) is 39.8 Å². The Morgan fingerprint density at radius 2 is 1.74 bits per heavy atom. The quantitative estimate of drug-likeness (QED) is 0.750. The minimum atomic E-state index is -3.72. The van der Waals surface area contributed by atoms with Crippen molar-refractivity contribution in [3.05, 3.63) is 46.9 Å². The highest BCUT2D eigenvalue weighted by molar-refractivity contribution is 9.10. The molecule has 1 amide bonds. The second-order valence-corrected chi connectivity index (χ2v) is 8.83. The molecule has 2 aromatic rings. The summed E-state index contributed by atoms with van der Waals surface area (Å²) in [5, 5.41) is 2.73. The maximum atomic E-state index is 12.7. The topological polar surface area (TPSA) is 84.9 Å². The maximum absolute atomic E-state index is 12.7. The van der Waals surface area contributed by atoms with Crippen LogP contribution < -0.4 is 19.1 Å². The predicted molar refractivity (Wildman–Crippen MR) is 107 cm³/mol. The van der Waals surface area contributed by atoms with E-state index in [1.165, 1.54) is 6.92 Å². The second kappa shape index (κ2) is 7.77. The molecule has 7 nitrogen and oxygen atoms in total. The Morgan fingerprint density at radius 1 is 1.11 bits per heavy atom. The van der Waals surface area contributed by atoms with Gasteiger partial charge in [-0.15, -0.1) is 0 Å². The van der Waals surface area contributed by atoms with E-state index in [-0.39, 0.29) is 0 Å². The number of ether oxygens (including phenoxy) is 2. The lowest BCUT2D eigenvalue weighted by atomic mass is 10.2. The molecule has 0 saturated carbocycles. The molecule has 0 aromatic heterocycles. The van der Waals surface area contributed by atoms with Gasteiger partial charge in [0.1, 0.15) is 19.3 Å². The Morgan fingerprint density at radius 3 is 2.37 bits per heavy atom. The van der Waals surface area contributed by atoms with E-state index < -0.39 is 22.0 Å². The molecule has 0 radical (unpaired) electrons. The van der Waals surface area contributed by atoms with Crippen molar-refractivity contribution in [3.63, 3.8) is 0 Å². The van der Waals surface area contributed by atoms with Crippen LogP contribution in [0.3, 0.4) is 0 Å². The first-order valence-electron chi connectivity index (χ1n) is 8.21. The van der Waals surface area contributed by atoms with Crippen LogP contribution in [0.5, 0.6) is 11.5 Å². The van der Waals surface area contributed by atoms with Crippen molar-refractivity contribution in [1.29, 1.82) is 0 Å². The summed E-state index contributed by atoms with van der Waals surface area (Å²) in [5.41, 5.74) is 0.908. The molecule has 144 valence electrons. The number of rotatable bonds is 5. The van der Waals surface area contributed by atoms with Crippen LogP contribution in [0.2, 0.25) is 0 Å². The number of benzene rings is 2. The molecule has 0 saturated heterocycles. The third-order valence-corrected chi connectivity index (χ3v) is 5.75. The third-order valence-electron chi connectivity index (χ3n) is 3.98. The lowest BCUT2D eigenvalue weighted by Gasteiger charge is -2.29. The molecule has 0 spiro atoms. The normalized spacial score (nSPS) is 14.3. The summed E-state index contributed by atoms with van der Waals surface area (Å²) in [6, 6.07) is 10.9.